The van der Waals surface area contributed by atoms with Gasteiger partial charge in [-0.3, -0.25) is 0 Å². The monoisotopic (exact) mass is 483 g/mol. The lowest BCUT2D eigenvalue weighted by Crippen LogP contribution is -2.59. The minimum atomic E-state index is -6.90. The molecule has 0 N–H and O–H groups in total. The molecule has 1 rings (SSSR count). The summed E-state index contributed by atoms with van der Waals surface area (Å²) < 4.78 is 114. The summed E-state index contributed by atoms with van der Waals surface area (Å²) in [5.74, 6) is -13.5. The molecule has 0 aliphatic carbocycles. The summed E-state index contributed by atoms with van der Waals surface area (Å²) in [5.41, 5.74) is 0. The standard InChI is InChI=1S/C10H2Br2F9S/c11-4-1-5(12)3-6(2-4)22-10(20,21)8(15,16)7(13,14)9(17,18)19/h2-3H. The second-order valence-electron chi connectivity index (χ2n) is 3.78. The molecule has 0 fully saturated rings. The van der Waals surface area contributed by atoms with Gasteiger partial charge in [-0.2, -0.15) is 39.5 Å². The van der Waals surface area contributed by atoms with E-state index in [4.69, 9.17) is 0 Å². The van der Waals surface area contributed by atoms with E-state index in [1.165, 1.54) is 0 Å². The summed E-state index contributed by atoms with van der Waals surface area (Å²) >= 11 is 4.45. The van der Waals surface area contributed by atoms with E-state index in [-0.39, 0.29) is 8.95 Å². The van der Waals surface area contributed by atoms with Crippen LogP contribution in [0.25, 0.3) is 0 Å². The van der Waals surface area contributed by atoms with Gasteiger partial charge in [0.25, 0.3) is 0 Å². The molecule has 1 radical (unpaired) electrons. The first kappa shape index (κ1) is 19.9. The van der Waals surface area contributed by atoms with Crippen LogP contribution in [-0.4, -0.2) is 23.3 Å². The molecule has 1 aromatic carbocycles. The number of halogens is 11. The topological polar surface area (TPSA) is 0 Å². The van der Waals surface area contributed by atoms with Crippen molar-refractivity contribution in [2.45, 2.75) is 28.2 Å². The van der Waals surface area contributed by atoms with Gasteiger partial charge in [-0.1, -0.05) is 31.9 Å². The van der Waals surface area contributed by atoms with Crippen LogP contribution in [-0.2, 0) is 0 Å². The summed E-state index contributed by atoms with van der Waals surface area (Å²) in [7, 11) is 0. The van der Waals surface area contributed by atoms with Gasteiger partial charge in [-0.15, -0.1) is 0 Å². The Morgan fingerprint density at radius 3 is 1.55 bits per heavy atom. The van der Waals surface area contributed by atoms with Gasteiger partial charge >= 0.3 is 23.3 Å². The zero-order chi connectivity index (χ0) is 17.6. The van der Waals surface area contributed by atoms with E-state index in [2.05, 4.69) is 37.9 Å². The first-order valence-corrected chi connectivity index (χ1v) is 7.29. The lowest BCUT2D eigenvalue weighted by molar-refractivity contribution is -0.381. The number of hydrogen-bond donors (Lipinski definition) is 0. The Labute approximate surface area is 138 Å². The highest BCUT2D eigenvalue weighted by atomic mass is 79.9. The predicted molar refractivity (Wildman–Crippen MR) is 67.4 cm³/mol. The Kier molecular flexibility index (Phi) is 5.51. The quantitative estimate of drug-likeness (QED) is 0.346. The molecular weight excluding hydrogens is 483 g/mol. The Hall–Kier alpha value is -0.100. The van der Waals surface area contributed by atoms with Crippen LogP contribution in [0.3, 0.4) is 0 Å². The van der Waals surface area contributed by atoms with Crippen LogP contribution in [0.1, 0.15) is 0 Å². The van der Waals surface area contributed by atoms with E-state index >= 15 is 0 Å². The summed E-state index contributed by atoms with van der Waals surface area (Å²) in [4.78, 5) is -0.667. The maximum atomic E-state index is 13.4. The average Bonchev–Trinajstić information content (AvgIpc) is 2.24. The lowest BCUT2D eigenvalue weighted by atomic mass is 10.1. The van der Waals surface area contributed by atoms with Crippen LogP contribution in [0.5, 0.6) is 0 Å². The van der Waals surface area contributed by atoms with Crippen LogP contribution in [0.2, 0.25) is 0 Å². The molecule has 0 saturated heterocycles. The van der Waals surface area contributed by atoms with Crippen molar-refractivity contribution < 1.29 is 39.5 Å². The Bertz CT molecular complexity index is 536. The van der Waals surface area contributed by atoms with Crippen molar-refractivity contribution in [1.29, 1.82) is 0 Å². The number of thioether (sulfide) groups is 1. The molecule has 0 aliphatic rings. The third kappa shape index (κ3) is 3.69. The van der Waals surface area contributed by atoms with Gasteiger partial charge in [-0.25, -0.2) is 0 Å². The predicted octanol–water partition coefficient (Wildman–Crippen LogP) is 6.53. The van der Waals surface area contributed by atoms with E-state index < -0.39 is 39.9 Å². The van der Waals surface area contributed by atoms with Crippen molar-refractivity contribution >= 4 is 43.6 Å². The molecule has 0 saturated carbocycles. The van der Waals surface area contributed by atoms with Crippen LogP contribution >= 0.6 is 43.6 Å². The molecule has 0 aliphatic heterocycles. The van der Waals surface area contributed by atoms with E-state index in [1.807, 2.05) is 0 Å². The van der Waals surface area contributed by atoms with Gasteiger partial charge in [0.05, 0.1) is 0 Å². The third-order valence-electron chi connectivity index (χ3n) is 2.14. The Morgan fingerprint density at radius 1 is 0.773 bits per heavy atom. The normalized spacial score (nSPS) is 14.3. The van der Waals surface area contributed by atoms with Crippen LogP contribution in [0.4, 0.5) is 39.5 Å². The van der Waals surface area contributed by atoms with Crippen molar-refractivity contribution in [1.82, 2.24) is 0 Å². The van der Waals surface area contributed by atoms with Crippen molar-refractivity contribution in [3.8, 4) is 0 Å². The largest absolute Gasteiger partial charge is 0.460 e. The second kappa shape index (κ2) is 6.08. The van der Waals surface area contributed by atoms with Gasteiger partial charge in [0, 0.05) is 19.9 Å². The molecule has 12 heteroatoms. The lowest BCUT2D eigenvalue weighted by Gasteiger charge is -2.33. The van der Waals surface area contributed by atoms with Gasteiger partial charge in [-0.05, 0) is 23.9 Å². The molecule has 0 aromatic heterocycles. The number of hydrogen-bond acceptors (Lipinski definition) is 1. The van der Waals surface area contributed by atoms with Crippen molar-refractivity contribution in [2.75, 3.05) is 0 Å². The number of alkyl halides is 9. The summed E-state index contributed by atoms with van der Waals surface area (Å²) in [6, 6.07) is 4.07. The second-order valence-corrected chi connectivity index (χ2v) is 6.67. The molecule has 0 amide bonds. The highest BCUT2D eigenvalue weighted by Crippen LogP contribution is 2.58. The van der Waals surface area contributed by atoms with Crippen molar-refractivity contribution in [2.24, 2.45) is 0 Å². The molecule has 0 atom stereocenters. The van der Waals surface area contributed by atoms with E-state index in [0.29, 0.717) is 0 Å². The molecule has 1 aromatic rings. The Balaban J connectivity index is 3.21. The number of benzene rings is 1. The summed E-state index contributed by atoms with van der Waals surface area (Å²) in [5, 5.41) is -5.72. The van der Waals surface area contributed by atoms with Crippen molar-refractivity contribution in [3.05, 3.63) is 27.1 Å². The van der Waals surface area contributed by atoms with Gasteiger partial charge < -0.3 is 0 Å². The zero-order valence-electron chi connectivity index (χ0n) is 9.72. The van der Waals surface area contributed by atoms with Crippen LogP contribution < -0.4 is 0 Å². The molecule has 0 unspecified atom stereocenters. The highest BCUT2D eigenvalue weighted by Gasteiger charge is 2.82. The first-order valence-electron chi connectivity index (χ1n) is 4.89. The molecule has 125 valence electrons. The maximum Gasteiger partial charge on any atom is 0.460 e. The molecule has 22 heavy (non-hydrogen) atoms. The third-order valence-corrected chi connectivity index (χ3v) is 3.98. The van der Waals surface area contributed by atoms with E-state index in [0.717, 1.165) is 12.1 Å². The number of rotatable bonds is 4. The molecule has 0 spiro atoms. The summed E-state index contributed by atoms with van der Waals surface area (Å²) in [6.07, 6.45) is -6.83. The zero-order valence-corrected chi connectivity index (χ0v) is 13.7. The van der Waals surface area contributed by atoms with Gasteiger partial charge in [0.2, 0.25) is 0 Å². The average molecular weight is 485 g/mol. The van der Waals surface area contributed by atoms with Crippen LogP contribution in [0.15, 0.2) is 26.0 Å². The molecule has 0 bridgehead atoms. The van der Waals surface area contributed by atoms with Crippen molar-refractivity contribution in [3.63, 3.8) is 0 Å². The summed E-state index contributed by atoms with van der Waals surface area (Å²) in [6.45, 7) is 0. The highest BCUT2D eigenvalue weighted by molar-refractivity contribution is 9.11. The molecular formula is C10H2Br2F9S. The molecule has 0 heterocycles. The van der Waals surface area contributed by atoms with Gasteiger partial charge in [0.15, 0.2) is 0 Å². The fourth-order valence-electron chi connectivity index (χ4n) is 1.11. The maximum absolute atomic E-state index is 13.4. The molecule has 0 nitrogen and oxygen atoms in total. The fourth-order valence-corrected chi connectivity index (χ4v) is 3.50. The van der Waals surface area contributed by atoms with E-state index in [1.54, 1.807) is 0 Å². The SMILES string of the molecule is FC(F)(F)C(F)(F)C(F)(F)C(F)(F)Sc1cc(Br)[c]c(Br)c1. The minimum Gasteiger partial charge on any atom is -0.191 e. The first-order chi connectivity index (χ1) is 9.62. The van der Waals surface area contributed by atoms with E-state index in [9.17, 15) is 39.5 Å². The minimum absolute atomic E-state index is 0.00562. The smallest absolute Gasteiger partial charge is 0.191 e. The van der Waals surface area contributed by atoms with Gasteiger partial charge in [0.1, 0.15) is 0 Å². The Morgan fingerprint density at radius 2 is 1.18 bits per heavy atom. The fraction of sp³-hybridized carbons (Fsp3) is 0.400. The van der Waals surface area contributed by atoms with Crippen LogP contribution in [0, 0.1) is 6.07 Å².